The maximum absolute atomic E-state index is 13.2. The van der Waals surface area contributed by atoms with Crippen molar-refractivity contribution in [3.05, 3.63) is 71.8 Å². The van der Waals surface area contributed by atoms with Crippen LogP contribution in [0.3, 0.4) is 0 Å². The lowest BCUT2D eigenvalue weighted by Gasteiger charge is -2.33. The van der Waals surface area contributed by atoms with Crippen molar-refractivity contribution in [3.8, 4) is 0 Å². The fraction of sp³-hybridized carbons (Fsp3) is 0.417. The van der Waals surface area contributed by atoms with Crippen LogP contribution in [0.1, 0.15) is 44.4 Å². The number of ether oxygens (including phenoxy) is 1. The highest BCUT2D eigenvalue weighted by molar-refractivity contribution is 5.89. The third kappa shape index (κ3) is 7.02. The molecular weight excluding hydrogens is 364 g/mol. The van der Waals surface area contributed by atoms with Crippen LogP contribution in [0.4, 0.5) is 0 Å². The van der Waals surface area contributed by atoms with E-state index in [9.17, 15) is 9.59 Å². The zero-order valence-electron chi connectivity index (χ0n) is 17.6. The Kier molecular flexibility index (Phi) is 9.38. The molecule has 0 fully saturated rings. The van der Waals surface area contributed by atoms with Crippen molar-refractivity contribution in [2.75, 3.05) is 19.8 Å². The first-order valence-corrected chi connectivity index (χ1v) is 10.3. The largest absolute Gasteiger partial charge is 0.382 e. The Morgan fingerprint density at radius 2 is 1.62 bits per heavy atom. The molecule has 29 heavy (non-hydrogen) atoms. The van der Waals surface area contributed by atoms with Gasteiger partial charge in [0.1, 0.15) is 6.04 Å². The summed E-state index contributed by atoms with van der Waals surface area (Å²) in [7, 11) is 0. The van der Waals surface area contributed by atoms with Crippen LogP contribution >= 0.6 is 0 Å². The minimum atomic E-state index is -0.682. The van der Waals surface area contributed by atoms with Crippen molar-refractivity contribution in [1.29, 1.82) is 0 Å². The monoisotopic (exact) mass is 396 g/mol. The van der Waals surface area contributed by atoms with Gasteiger partial charge in [0.25, 0.3) is 0 Å². The van der Waals surface area contributed by atoms with Crippen LogP contribution < -0.4 is 5.32 Å². The second kappa shape index (κ2) is 12.0. The van der Waals surface area contributed by atoms with E-state index in [2.05, 4.69) is 5.32 Å². The van der Waals surface area contributed by atoms with Crippen molar-refractivity contribution in [3.63, 3.8) is 0 Å². The number of nitrogens with zero attached hydrogens (tertiary/aromatic N) is 1. The molecule has 0 saturated carbocycles. The molecule has 0 aliphatic rings. The molecule has 0 heterocycles. The van der Waals surface area contributed by atoms with Crippen molar-refractivity contribution >= 4 is 11.8 Å². The molecule has 2 rings (SSSR count). The topological polar surface area (TPSA) is 58.6 Å². The lowest BCUT2D eigenvalue weighted by Crippen LogP contribution is -2.45. The van der Waals surface area contributed by atoms with E-state index >= 15 is 0 Å². The van der Waals surface area contributed by atoms with E-state index in [1.807, 2.05) is 81.4 Å². The molecule has 2 aromatic carbocycles. The number of rotatable bonds is 11. The molecule has 0 radical (unpaired) electrons. The summed E-state index contributed by atoms with van der Waals surface area (Å²) >= 11 is 0. The van der Waals surface area contributed by atoms with Gasteiger partial charge in [-0.1, -0.05) is 74.5 Å². The van der Waals surface area contributed by atoms with Gasteiger partial charge < -0.3 is 15.0 Å². The maximum Gasteiger partial charge on any atom is 0.247 e. The number of amides is 2. The third-order valence-electron chi connectivity index (χ3n) is 4.62. The van der Waals surface area contributed by atoms with E-state index < -0.39 is 6.04 Å². The van der Waals surface area contributed by atoms with Gasteiger partial charge in [0.15, 0.2) is 0 Å². The van der Waals surface area contributed by atoms with Crippen LogP contribution in [0.5, 0.6) is 0 Å². The van der Waals surface area contributed by atoms with Crippen LogP contribution in [-0.2, 0) is 20.9 Å². The lowest BCUT2D eigenvalue weighted by atomic mass is 10.0. The molecule has 0 unspecified atom stereocenters. The summed E-state index contributed by atoms with van der Waals surface area (Å²) in [4.78, 5) is 28.0. The highest BCUT2D eigenvalue weighted by Crippen LogP contribution is 2.25. The zero-order chi connectivity index (χ0) is 21.1. The van der Waals surface area contributed by atoms with E-state index in [0.717, 1.165) is 17.5 Å². The molecule has 1 atom stereocenters. The Bertz CT molecular complexity index is 747. The number of benzene rings is 2. The van der Waals surface area contributed by atoms with Crippen molar-refractivity contribution in [2.24, 2.45) is 5.92 Å². The molecular formula is C24H32N2O3. The van der Waals surface area contributed by atoms with Crippen LogP contribution in [0.15, 0.2) is 60.7 Å². The average molecular weight is 397 g/mol. The number of nitrogens with one attached hydrogen (secondary N) is 1. The Balaban J connectivity index is 2.28. The molecule has 0 aliphatic carbocycles. The lowest BCUT2D eigenvalue weighted by molar-refractivity contribution is -0.144. The summed E-state index contributed by atoms with van der Waals surface area (Å²) in [6, 6.07) is 18.6. The van der Waals surface area contributed by atoms with Gasteiger partial charge in [0.2, 0.25) is 11.8 Å². The molecule has 0 saturated heterocycles. The maximum atomic E-state index is 13.2. The summed E-state index contributed by atoms with van der Waals surface area (Å²) in [6.07, 6.45) is 0.734. The highest BCUT2D eigenvalue weighted by Gasteiger charge is 2.32. The molecule has 1 N–H and O–H groups in total. The predicted molar refractivity (Wildman–Crippen MR) is 115 cm³/mol. The minimum Gasteiger partial charge on any atom is -0.382 e. The fourth-order valence-corrected chi connectivity index (χ4v) is 3.14. The van der Waals surface area contributed by atoms with Gasteiger partial charge >= 0.3 is 0 Å². The summed E-state index contributed by atoms with van der Waals surface area (Å²) < 4.78 is 5.34. The molecule has 2 amide bonds. The SMILES string of the molecule is CCOCCCNC(=O)[C@@H](c1ccccc1)N(Cc1ccccc1)C(=O)C(C)C. The molecule has 0 bridgehead atoms. The van der Waals surface area contributed by atoms with Crippen molar-refractivity contribution in [1.82, 2.24) is 10.2 Å². The minimum absolute atomic E-state index is 0.0489. The molecule has 0 aliphatic heterocycles. The fourth-order valence-electron chi connectivity index (χ4n) is 3.14. The quantitative estimate of drug-likeness (QED) is 0.585. The first-order chi connectivity index (χ1) is 14.0. The second-order valence-electron chi connectivity index (χ2n) is 7.26. The van der Waals surface area contributed by atoms with Crippen molar-refractivity contribution < 1.29 is 14.3 Å². The Morgan fingerprint density at radius 1 is 1.00 bits per heavy atom. The van der Waals surface area contributed by atoms with Gasteiger partial charge in [-0.15, -0.1) is 0 Å². The summed E-state index contributed by atoms with van der Waals surface area (Å²) in [5.41, 5.74) is 1.80. The van der Waals surface area contributed by atoms with Crippen LogP contribution in [-0.4, -0.2) is 36.5 Å². The molecule has 156 valence electrons. The normalized spacial score (nSPS) is 11.9. The predicted octanol–water partition coefficient (Wildman–Crippen LogP) is 3.96. The number of hydrogen-bond donors (Lipinski definition) is 1. The first-order valence-electron chi connectivity index (χ1n) is 10.3. The number of carbonyl (C=O) groups is 2. The van der Waals surface area contributed by atoms with Crippen molar-refractivity contribution in [2.45, 2.75) is 39.8 Å². The van der Waals surface area contributed by atoms with Gasteiger partial charge in [0, 0.05) is 32.2 Å². The number of hydrogen-bond acceptors (Lipinski definition) is 3. The second-order valence-corrected chi connectivity index (χ2v) is 7.26. The zero-order valence-corrected chi connectivity index (χ0v) is 17.6. The smallest absolute Gasteiger partial charge is 0.247 e. The van der Waals surface area contributed by atoms with Gasteiger partial charge in [-0.2, -0.15) is 0 Å². The Labute approximate surface area is 174 Å². The average Bonchev–Trinajstić information content (AvgIpc) is 2.74. The molecule has 0 aromatic heterocycles. The van der Waals surface area contributed by atoms with E-state index in [1.165, 1.54) is 0 Å². The number of carbonyl (C=O) groups excluding carboxylic acids is 2. The van der Waals surface area contributed by atoms with Gasteiger partial charge in [-0.25, -0.2) is 0 Å². The van der Waals surface area contributed by atoms with Gasteiger partial charge in [0.05, 0.1) is 0 Å². The molecule has 2 aromatic rings. The standard InChI is InChI=1S/C24H32N2O3/c1-4-29-17-11-16-25-23(27)22(21-14-9-6-10-15-21)26(24(28)19(2)3)18-20-12-7-5-8-13-20/h5-10,12-15,19,22H,4,11,16-18H2,1-3H3,(H,25,27)/t22-/m1/s1. The van der Waals surface area contributed by atoms with Gasteiger partial charge in [-0.3, -0.25) is 9.59 Å². The van der Waals surface area contributed by atoms with Crippen LogP contribution in [0.25, 0.3) is 0 Å². The van der Waals surface area contributed by atoms with E-state index in [1.54, 1.807) is 4.90 Å². The van der Waals surface area contributed by atoms with E-state index in [-0.39, 0.29) is 17.7 Å². The van der Waals surface area contributed by atoms with Crippen LogP contribution in [0.2, 0.25) is 0 Å². The van der Waals surface area contributed by atoms with Gasteiger partial charge in [-0.05, 0) is 24.5 Å². The molecule has 5 heteroatoms. The molecule has 0 spiro atoms. The molecule has 5 nitrogen and oxygen atoms in total. The van der Waals surface area contributed by atoms with Crippen LogP contribution in [0, 0.1) is 5.92 Å². The summed E-state index contributed by atoms with van der Waals surface area (Å²) in [5.74, 6) is -0.430. The van der Waals surface area contributed by atoms with E-state index in [0.29, 0.717) is 26.3 Å². The van der Waals surface area contributed by atoms with E-state index in [4.69, 9.17) is 4.74 Å². The third-order valence-corrected chi connectivity index (χ3v) is 4.62. The Hall–Kier alpha value is -2.66. The Morgan fingerprint density at radius 3 is 2.21 bits per heavy atom. The summed E-state index contributed by atoms with van der Waals surface area (Å²) in [5, 5.41) is 2.99. The highest BCUT2D eigenvalue weighted by atomic mass is 16.5. The summed E-state index contributed by atoms with van der Waals surface area (Å²) in [6.45, 7) is 7.83. The first kappa shape index (κ1) is 22.6.